The third kappa shape index (κ3) is 3.77. The molecule has 1 aliphatic rings. The van der Waals surface area contributed by atoms with Crippen molar-refractivity contribution in [1.82, 2.24) is 5.32 Å². The van der Waals surface area contributed by atoms with Crippen LogP contribution in [0.25, 0.3) is 0 Å². The lowest BCUT2D eigenvalue weighted by Gasteiger charge is -2.27. The first-order chi connectivity index (χ1) is 6.22. The van der Waals surface area contributed by atoms with E-state index in [2.05, 4.69) is 12.2 Å². The molecular weight excluding hydrogens is 166 g/mol. The summed E-state index contributed by atoms with van der Waals surface area (Å²) in [5.41, 5.74) is 0. The van der Waals surface area contributed by atoms with Crippen molar-refractivity contribution >= 4 is 5.97 Å². The van der Waals surface area contributed by atoms with E-state index in [-0.39, 0.29) is 5.97 Å². The summed E-state index contributed by atoms with van der Waals surface area (Å²) in [6.45, 7) is 5.55. The summed E-state index contributed by atoms with van der Waals surface area (Å²) < 4.78 is 4.92. The Morgan fingerprint density at radius 3 is 3.00 bits per heavy atom. The molecule has 0 spiro atoms. The van der Waals surface area contributed by atoms with Crippen LogP contribution in [-0.4, -0.2) is 25.2 Å². The van der Waals surface area contributed by atoms with Gasteiger partial charge in [0.25, 0.3) is 0 Å². The van der Waals surface area contributed by atoms with E-state index in [9.17, 15) is 4.79 Å². The Hall–Kier alpha value is -0.570. The van der Waals surface area contributed by atoms with Gasteiger partial charge in [-0.05, 0) is 39.2 Å². The molecule has 0 aromatic heterocycles. The van der Waals surface area contributed by atoms with Crippen LogP contribution in [0.3, 0.4) is 0 Å². The van der Waals surface area contributed by atoms with E-state index < -0.39 is 0 Å². The molecule has 1 aliphatic heterocycles. The summed E-state index contributed by atoms with van der Waals surface area (Å²) in [5.74, 6) is 0.483. The molecule has 13 heavy (non-hydrogen) atoms. The Labute approximate surface area is 79.8 Å². The number of carbonyl (C=O) groups is 1. The summed E-state index contributed by atoms with van der Waals surface area (Å²) in [5, 5.41) is 3.37. The smallest absolute Gasteiger partial charge is 0.306 e. The van der Waals surface area contributed by atoms with Crippen LogP contribution < -0.4 is 5.32 Å². The Morgan fingerprint density at radius 2 is 2.38 bits per heavy atom. The molecule has 0 radical (unpaired) electrons. The van der Waals surface area contributed by atoms with Crippen LogP contribution in [0.2, 0.25) is 0 Å². The van der Waals surface area contributed by atoms with E-state index in [1.807, 2.05) is 6.92 Å². The maximum atomic E-state index is 11.2. The standard InChI is InChI=1S/C10H19NO2/c1-3-13-10(12)7-9-4-5-11-8(2)6-9/h8-9,11H,3-7H2,1-2H3. The van der Waals surface area contributed by atoms with E-state index in [0.717, 1.165) is 19.4 Å². The summed E-state index contributed by atoms with van der Waals surface area (Å²) in [4.78, 5) is 11.2. The number of rotatable bonds is 3. The second-order valence-corrected chi connectivity index (χ2v) is 3.75. The van der Waals surface area contributed by atoms with E-state index >= 15 is 0 Å². The molecule has 2 unspecified atom stereocenters. The predicted octanol–water partition coefficient (Wildman–Crippen LogP) is 1.33. The molecule has 1 saturated heterocycles. The van der Waals surface area contributed by atoms with Gasteiger partial charge in [-0.2, -0.15) is 0 Å². The maximum absolute atomic E-state index is 11.2. The second kappa shape index (κ2) is 5.22. The zero-order chi connectivity index (χ0) is 9.68. The van der Waals surface area contributed by atoms with Gasteiger partial charge < -0.3 is 10.1 Å². The maximum Gasteiger partial charge on any atom is 0.306 e. The Kier molecular flexibility index (Phi) is 4.22. The number of ether oxygens (including phenoxy) is 1. The first-order valence-electron chi connectivity index (χ1n) is 5.11. The summed E-state index contributed by atoms with van der Waals surface area (Å²) in [7, 11) is 0. The van der Waals surface area contributed by atoms with Crippen LogP contribution >= 0.6 is 0 Å². The Balaban J connectivity index is 2.23. The van der Waals surface area contributed by atoms with E-state index in [1.54, 1.807) is 0 Å². The number of esters is 1. The second-order valence-electron chi connectivity index (χ2n) is 3.75. The first-order valence-corrected chi connectivity index (χ1v) is 5.11. The van der Waals surface area contributed by atoms with Crippen molar-refractivity contribution in [3.63, 3.8) is 0 Å². The van der Waals surface area contributed by atoms with Crippen LogP contribution in [-0.2, 0) is 9.53 Å². The number of hydrogen-bond donors (Lipinski definition) is 1. The lowest BCUT2D eigenvalue weighted by atomic mass is 9.90. The highest BCUT2D eigenvalue weighted by atomic mass is 16.5. The van der Waals surface area contributed by atoms with Gasteiger partial charge in [-0.15, -0.1) is 0 Å². The quantitative estimate of drug-likeness (QED) is 0.674. The van der Waals surface area contributed by atoms with Crippen LogP contribution in [0.5, 0.6) is 0 Å². The fourth-order valence-electron chi connectivity index (χ4n) is 1.88. The van der Waals surface area contributed by atoms with Crippen molar-refractivity contribution in [3.05, 3.63) is 0 Å². The fraction of sp³-hybridized carbons (Fsp3) is 0.900. The normalized spacial score (nSPS) is 28.5. The number of nitrogens with one attached hydrogen (secondary N) is 1. The van der Waals surface area contributed by atoms with Crippen molar-refractivity contribution in [2.45, 2.75) is 39.2 Å². The van der Waals surface area contributed by atoms with Gasteiger partial charge in [0.15, 0.2) is 0 Å². The average Bonchev–Trinajstić information content (AvgIpc) is 2.04. The molecule has 1 heterocycles. The zero-order valence-electron chi connectivity index (χ0n) is 8.51. The molecule has 2 atom stereocenters. The Bertz CT molecular complexity index is 170. The predicted molar refractivity (Wildman–Crippen MR) is 51.4 cm³/mol. The summed E-state index contributed by atoms with van der Waals surface area (Å²) in [6.07, 6.45) is 2.79. The zero-order valence-corrected chi connectivity index (χ0v) is 8.51. The molecule has 0 bridgehead atoms. The van der Waals surface area contributed by atoms with Crippen LogP contribution in [0.4, 0.5) is 0 Å². The van der Waals surface area contributed by atoms with Gasteiger partial charge in [0.2, 0.25) is 0 Å². The molecule has 76 valence electrons. The van der Waals surface area contributed by atoms with Gasteiger partial charge in [0, 0.05) is 12.5 Å². The molecule has 3 nitrogen and oxygen atoms in total. The van der Waals surface area contributed by atoms with Crippen LogP contribution in [0.15, 0.2) is 0 Å². The monoisotopic (exact) mass is 185 g/mol. The number of piperidine rings is 1. The summed E-state index contributed by atoms with van der Waals surface area (Å²) in [6, 6.07) is 0.549. The van der Waals surface area contributed by atoms with Crippen molar-refractivity contribution < 1.29 is 9.53 Å². The third-order valence-electron chi connectivity index (χ3n) is 2.49. The highest BCUT2D eigenvalue weighted by Crippen LogP contribution is 2.19. The molecule has 1 N–H and O–H groups in total. The Morgan fingerprint density at radius 1 is 1.62 bits per heavy atom. The van der Waals surface area contributed by atoms with Crippen molar-refractivity contribution in [3.8, 4) is 0 Å². The highest BCUT2D eigenvalue weighted by molar-refractivity contribution is 5.69. The minimum absolute atomic E-state index is 0.0402. The molecule has 0 aromatic rings. The van der Waals surface area contributed by atoms with E-state index in [0.29, 0.717) is 25.0 Å². The molecule has 3 heteroatoms. The molecule has 0 aliphatic carbocycles. The van der Waals surface area contributed by atoms with Gasteiger partial charge in [0.05, 0.1) is 6.61 Å². The molecule has 0 saturated carbocycles. The molecule has 0 aromatic carbocycles. The molecule has 0 amide bonds. The lowest BCUT2D eigenvalue weighted by Crippen LogP contribution is -2.36. The van der Waals surface area contributed by atoms with Gasteiger partial charge in [-0.1, -0.05) is 0 Å². The van der Waals surface area contributed by atoms with Gasteiger partial charge in [-0.3, -0.25) is 4.79 Å². The fourth-order valence-corrected chi connectivity index (χ4v) is 1.88. The van der Waals surface area contributed by atoms with E-state index in [4.69, 9.17) is 4.74 Å². The SMILES string of the molecule is CCOC(=O)CC1CCNC(C)C1. The highest BCUT2D eigenvalue weighted by Gasteiger charge is 2.21. The van der Waals surface area contributed by atoms with Crippen LogP contribution in [0, 0.1) is 5.92 Å². The molecule has 1 fully saturated rings. The molecule has 1 rings (SSSR count). The first kappa shape index (κ1) is 10.5. The van der Waals surface area contributed by atoms with Crippen molar-refractivity contribution in [2.75, 3.05) is 13.2 Å². The average molecular weight is 185 g/mol. The van der Waals surface area contributed by atoms with Gasteiger partial charge in [0.1, 0.15) is 0 Å². The van der Waals surface area contributed by atoms with Gasteiger partial charge in [-0.25, -0.2) is 0 Å². The minimum Gasteiger partial charge on any atom is -0.466 e. The van der Waals surface area contributed by atoms with Gasteiger partial charge >= 0.3 is 5.97 Å². The number of hydrogen-bond acceptors (Lipinski definition) is 3. The van der Waals surface area contributed by atoms with Crippen molar-refractivity contribution in [2.24, 2.45) is 5.92 Å². The van der Waals surface area contributed by atoms with E-state index in [1.165, 1.54) is 0 Å². The van der Waals surface area contributed by atoms with Crippen LogP contribution in [0.1, 0.15) is 33.1 Å². The number of carbonyl (C=O) groups excluding carboxylic acids is 1. The largest absolute Gasteiger partial charge is 0.466 e. The molecular formula is C10H19NO2. The van der Waals surface area contributed by atoms with Crippen molar-refractivity contribution in [1.29, 1.82) is 0 Å². The summed E-state index contributed by atoms with van der Waals surface area (Å²) >= 11 is 0. The minimum atomic E-state index is -0.0402. The third-order valence-corrected chi connectivity index (χ3v) is 2.49. The lowest BCUT2D eigenvalue weighted by molar-refractivity contribution is -0.144. The topological polar surface area (TPSA) is 38.3 Å².